The van der Waals surface area contributed by atoms with Crippen molar-refractivity contribution in [3.63, 3.8) is 0 Å². The quantitative estimate of drug-likeness (QED) is 0.355. The predicted octanol–water partition coefficient (Wildman–Crippen LogP) is 6.65. The van der Waals surface area contributed by atoms with Crippen LogP contribution in [0.4, 0.5) is 5.69 Å². The number of carboxylic acid groups (broad SMARTS) is 1. The molecule has 0 heterocycles. The van der Waals surface area contributed by atoms with Crippen LogP contribution in [0.1, 0.15) is 21.5 Å². The molecule has 0 aliphatic carbocycles. The molecule has 0 spiro atoms. The molecule has 0 bridgehead atoms. The highest BCUT2D eigenvalue weighted by atomic mass is 79.9. The summed E-state index contributed by atoms with van der Waals surface area (Å²) >= 11 is 15.9. The van der Waals surface area contributed by atoms with Crippen LogP contribution >= 0.6 is 39.1 Å². The van der Waals surface area contributed by atoms with Crippen LogP contribution in [0.5, 0.6) is 11.5 Å². The van der Waals surface area contributed by atoms with E-state index < -0.39 is 5.97 Å². The van der Waals surface area contributed by atoms with E-state index in [9.17, 15) is 4.79 Å². The first-order valence-electron chi connectivity index (χ1n) is 8.88. The van der Waals surface area contributed by atoms with Gasteiger partial charge in [-0.2, -0.15) is 0 Å². The topological polar surface area (TPSA) is 67.8 Å². The molecule has 2 N–H and O–H groups in total. The molecular formula is C22H18BrCl2NO4. The molecule has 5 nitrogen and oxygen atoms in total. The van der Waals surface area contributed by atoms with Crippen molar-refractivity contribution in [3.8, 4) is 11.5 Å². The van der Waals surface area contributed by atoms with Crippen molar-refractivity contribution in [1.29, 1.82) is 0 Å². The monoisotopic (exact) mass is 509 g/mol. The molecule has 0 fully saturated rings. The average Bonchev–Trinajstić information content (AvgIpc) is 2.73. The van der Waals surface area contributed by atoms with E-state index >= 15 is 0 Å². The third kappa shape index (κ3) is 5.39. The van der Waals surface area contributed by atoms with Gasteiger partial charge >= 0.3 is 5.97 Å². The molecule has 0 saturated heterocycles. The Labute approximate surface area is 192 Å². The molecule has 0 unspecified atom stereocenters. The summed E-state index contributed by atoms with van der Waals surface area (Å²) in [5, 5.41) is 13.4. The maximum absolute atomic E-state index is 11.2. The molecule has 30 heavy (non-hydrogen) atoms. The van der Waals surface area contributed by atoms with E-state index in [0.717, 1.165) is 15.6 Å². The molecule has 0 saturated carbocycles. The Morgan fingerprint density at radius 1 is 1.03 bits per heavy atom. The molecular weight excluding hydrogens is 493 g/mol. The average molecular weight is 511 g/mol. The van der Waals surface area contributed by atoms with E-state index in [2.05, 4.69) is 21.2 Å². The van der Waals surface area contributed by atoms with E-state index in [1.807, 2.05) is 36.4 Å². The highest BCUT2D eigenvalue weighted by Gasteiger charge is 2.13. The second-order valence-electron chi connectivity index (χ2n) is 6.33. The lowest BCUT2D eigenvalue weighted by Crippen LogP contribution is -2.05. The summed E-state index contributed by atoms with van der Waals surface area (Å²) < 4.78 is 12.2. The van der Waals surface area contributed by atoms with Gasteiger partial charge in [0.2, 0.25) is 0 Å². The lowest BCUT2D eigenvalue weighted by molar-refractivity contribution is 0.0697. The molecule has 0 aliphatic heterocycles. The van der Waals surface area contributed by atoms with Crippen LogP contribution in [0.3, 0.4) is 0 Å². The van der Waals surface area contributed by atoms with Crippen molar-refractivity contribution >= 4 is 50.8 Å². The van der Waals surface area contributed by atoms with Crippen molar-refractivity contribution in [2.75, 3.05) is 12.4 Å². The zero-order valence-electron chi connectivity index (χ0n) is 15.9. The van der Waals surface area contributed by atoms with Gasteiger partial charge in [0.15, 0.2) is 11.5 Å². The normalized spacial score (nSPS) is 10.5. The second kappa shape index (κ2) is 10.1. The van der Waals surface area contributed by atoms with Crippen LogP contribution in [-0.2, 0) is 13.2 Å². The van der Waals surface area contributed by atoms with Gasteiger partial charge in [0, 0.05) is 21.6 Å². The number of hydrogen-bond acceptors (Lipinski definition) is 4. The largest absolute Gasteiger partial charge is 0.493 e. The summed E-state index contributed by atoms with van der Waals surface area (Å²) in [5.41, 5.74) is 2.44. The Bertz CT molecular complexity index is 1070. The molecule has 0 radical (unpaired) electrons. The SMILES string of the molecule is COc1cc(CNc2cc(C(=O)O)ccc2Cl)c(Br)cc1OCc1ccccc1Cl. The van der Waals surface area contributed by atoms with E-state index in [0.29, 0.717) is 40.4 Å². The fourth-order valence-corrected chi connectivity index (χ4v) is 3.58. The maximum Gasteiger partial charge on any atom is 0.335 e. The van der Waals surface area contributed by atoms with Gasteiger partial charge in [-0.1, -0.05) is 57.3 Å². The lowest BCUT2D eigenvalue weighted by Gasteiger charge is -2.16. The minimum Gasteiger partial charge on any atom is -0.493 e. The van der Waals surface area contributed by atoms with Gasteiger partial charge in [-0.15, -0.1) is 0 Å². The van der Waals surface area contributed by atoms with E-state index in [1.54, 1.807) is 13.2 Å². The van der Waals surface area contributed by atoms with Crippen LogP contribution in [-0.4, -0.2) is 18.2 Å². The number of carbonyl (C=O) groups is 1. The Balaban J connectivity index is 1.76. The Morgan fingerprint density at radius 3 is 2.50 bits per heavy atom. The molecule has 0 amide bonds. The van der Waals surface area contributed by atoms with Crippen molar-refractivity contribution in [1.82, 2.24) is 0 Å². The number of halogens is 3. The van der Waals surface area contributed by atoms with Crippen LogP contribution in [0, 0.1) is 0 Å². The smallest absolute Gasteiger partial charge is 0.335 e. The van der Waals surface area contributed by atoms with Crippen LogP contribution in [0.15, 0.2) is 59.1 Å². The van der Waals surface area contributed by atoms with Crippen molar-refractivity contribution in [2.45, 2.75) is 13.2 Å². The number of ether oxygens (including phenoxy) is 2. The highest BCUT2D eigenvalue weighted by molar-refractivity contribution is 9.10. The number of rotatable bonds is 8. The summed E-state index contributed by atoms with van der Waals surface area (Å²) in [4.78, 5) is 11.2. The minimum absolute atomic E-state index is 0.155. The van der Waals surface area contributed by atoms with E-state index in [-0.39, 0.29) is 5.56 Å². The third-order valence-electron chi connectivity index (χ3n) is 4.36. The first-order chi connectivity index (χ1) is 14.4. The molecule has 8 heteroatoms. The van der Waals surface area contributed by atoms with Crippen LogP contribution < -0.4 is 14.8 Å². The fourth-order valence-electron chi connectivity index (χ4n) is 2.74. The standard InChI is InChI=1S/C22H18BrCl2NO4/c1-29-20-9-15(11-26-19-8-13(22(27)28)6-7-18(19)25)16(23)10-21(20)30-12-14-4-2-3-5-17(14)24/h2-10,26H,11-12H2,1H3,(H,27,28). The summed E-state index contributed by atoms with van der Waals surface area (Å²) in [6.45, 7) is 0.697. The van der Waals surface area contributed by atoms with Gasteiger partial charge in [-0.05, 0) is 42.0 Å². The van der Waals surface area contributed by atoms with E-state index in [1.165, 1.54) is 12.1 Å². The predicted molar refractivity (Wildman–Crippen MR) is 122 cm³/mol. The second-order valence-corrected chi connectivity index (χ2v) is 8.00. The Morgan fingerprint density at radius 2 is 1.80 bits per heavy atom. The molecule has 3 rings (SSSR count). The third-order valence-corrected chi connectivity index (χ3v) is 5.79. The van der Waals surface area contributed by atoms with Crippen molar-refractivity contribution in [3.05, 3.63) is 85.8 Å². The van der Waals surface area contributed by atoms with E-state index in [4.69, 9.17) is 37.8 Å². The number of nitrogens with one attached hydrogen (secondary N) is 1. The number of benzene rings is 3. The number of aromatic carboxylic acids is 1. The van der Waals surface area contributed by atoms with Crippen LogP contribution in [0.2, 0.25) is 10.0 Å². The highest BCUT2D eigenvalue weighted by Crippen LogP contribution is 2.35. The lowest BCUT2D eigenvalue weighted by atomic mass is 10.1. The van der Waals surface area contributed by atoms with Gasteiger partial charge in [-0.25, -0.2) is 4.79 Å². The van der Waals surface area contributed by atoms with Gasteiger partial charge in [0.1, 0.15) is 6.61 Å². The molecule has 3 aromatic carbocycles. The fraction of sp³-hybridized carbons (Fsp3) is 0.136. The van der Waals surface area contributed by atoms with Crippen molar-refractivity contribution in [2.24, 2.45) is 0 Å². The molecule has 0 atom stereocenters. The number of hydrogen-bond donors (Lipinski definition) is 2. The summed E-state index contributed by atoms with van der Waals surface area (Å²) in [5.74, 6) is 0.115. The Kier molecular flexibility index (Phi) is 7.48. The van der Waals surface area contributed by atoms with Gasteiger partial charge < -0.3 is 19.9 Å². The Hall–Kier alpha value is -2.41. The van der Waals surface area contributed by atoms with Gasteiger partial charge in [0.25, 0.3) is 0 Å². The minimum atomic E-state index is -1.02. The molecule has 156 valence electrons. The molecule has 3 aromatic rings. The number of carboxylic acids is 1. The van der Waals surface area contributed by atoms with Gasteiger partial charge in [-0.3, -0.25) is 0 Å². The van der Waals surface area contributed by atoms with Crippen molar-refractivity contribution < 1.29 is 19.4 Å². The van der Waals surface area contributed by atoms with Crippen LogP contribution in [0.25, 0.3) is 0 Å². The maximum atomic E-state index is 11.2. The zero-order chi connectivity index (χ0) is 21.7. The molecule has 0 aromatic heterocycles. The number of methoxy groups -OCH3 is 1. The zero-order valence-corrected chi connectivity index (χ0v) is 19.0. The summed E-state index contributed by atoms with van der Waals surface area (Å²) in [7, 11) is 1.57. The summed E-state index contributed by atoms with van der Waals surface area (Å²) in [6, 6.07) is 15.6. The van der Waals surface area contributed by atoms with Gasteiger partial charge in [0.05, 0.1) is 23.4 Å². The first-order valence-corrected chi connectivity index (χ1v) is 10.4. The molecule has 0 aliphatic rings. The number of anilines is 1. The summed E-state index contributed by atoms with van der Waals surface area (Å²) in [6.07, 6.45) is 0. The first kappa shape index (κ1) is 22.3.